The predicted molar refractivity (Wildman–Crippen MR) is 152 cm³/mol. The fourth-order valence-corrected chi connectivity index (χ4v) is 6.80. The topological polar surface area (TPSA) is 92.9 Å². The molecule has 1 aliphatic carbocycles. The minimum absolute atomic E-state index is 0.0600. The zero-order valence-corrected chi connectivity index (χ0v) is 22.8. The Balaban J connectivity index is 1.34. The fraction of sp³-hybridized carbons (Fsp3) is 0.387. The number of thiophene rings is 1. The van der Waals surface area contributed by atoms with Gasteiger partial charge in [0.05, 0.1) is 5.69 Å². The number of benzene rings is 1. The lowest BCUT2D eigenvalue weighted by molar-refractivity contribution is -0.124. The highest BCUT2D eigenvalue weighted by Gasteiger charge is 2.36. The molecule has 1 aromatic carbocycles. The van der Waals surface area contributed by atoms with Gasteiger partial charge in [0, 0.05) is 47.9 Å². The van der Waals surface area contributed by atoms with Gasteiger partial charge in [0.1, 0.15) is 16.2 Å². The molecular formula is C31H32N2O5S. The Morgan fingerprint density at radius 3 is 2.38 bits per heavy atom. The summed E-state index contributed by atoms with van der Waals surface area (Å²) in [6.07, 6.45) is 6.94. The summed E-state index contributed by atoms with van der Waals surface area (Å²) in [5.74, 6) is 0.356. The highest BCUT2D eigenvalue weighted by atomic mass is 32.1. The second kappa shape index (κ2) is 10.9. The Hall–Kier alpha value is -3.49. The number of carboxylic acid groups (broad SMARTS) is 1. The van der Waals surface area contributed by atoms with Gasteiger partial charge in [-0.1, -0.05) is 31.2 Å². The van der Waals surface area contributed by atoms with Crippen LogP contribution in [0, 0.1) is 11.8 Å². The van der Waals surface area contributed by atoms with Crippen molar-refractivity contribution in [2.45, 2.75) is 51.5 Å². The molecule has 1 aliphatic heterocycles. The highest BCUT2D eigenvalue weighted by Crippen LogP contribution is 2.41. The molecule has 202 valence electrons. The van der Waals surface area contributed by atoms with E-state index in [2.05, 4.69) is 11.9 Å². The Kier molecular flexibility index (Phi) is 7.23. The minimum Gasteiger partial charge on any atom is -0.477 e. The number of anilines is 1. The zero-order chi connectivity index (χ0) is 26.9. The van der Waals surface area contributed by atoms with Crippen molar-refractivity contribution in [3.63, 3.8) is 0 Å². The van der Waals surface area contributed by atoms with Crippen LogP contribution in [0.1, 0.15) is 55.1 Å². The van der Waals surface area contributed by atoms with Gasteiger partial charge in [-0.25, -0.2) is 4.79 Å². The minimum atomic E-state index is -1.00. The van der Waals surface area contributed by atoms with E-state index < -0.39 is 5.97 Å². The van der Waals surface area contributed by atoms with Crippen molar-refractivity contribution in [2.75, 3.05) is 18.1 Å². The molecule has 39 heavy (non-hydrogen) atoms. The molecule has 7 nitrogen and oxygen atoms in total. The fourth-order valence-electron chi connectivity index (χ4n) is 5.81. The highest BCUT2D eigenvalue weighted by molar-refractivity contribution is 7.18. The molecular weight excluding hydrogens is 512 g/mol. The van der Waals surface area contributed by atoms with Crippen molar-refractivity contribution in [1.82, 2.24) is 4.98 Å². The van der Waals surface area contributed by atoms with E-state index >= 15 is 0 Å². The average Bonchev–Trinajstić information content (AvgIpc) is 3.60. The summed E-state index contributed by atoms with van der Waals surface area (Å²) < 4.78 is 11.5. The number of hydrogen-bond acceptors (Lipinski definition) is 6. The molecule has 1 amide bonds. The maximum absolute atomic E-state index is 14.0. The molecule has 0 bridgehead atoms. The van der Waals surface area contributed by atoms with Crippen LogP contribution in [0.3, 0.4) is 0 Å². The standard InChI is InChI=1S/C31H32N2O5S/c1-19-4-6-22(7-5-19)30(34)33(23-12-15-37-16-13-23)25-18-28(39-29(25)31(35)36)21-10-8-20(9-11-21)27-17-24-26(38-27)3-2-14-32-24/h2-3,8-11,14,17-19,22-23H,4-7,12-13,15-16H2,1H3,(H,35,36)/t19-,22-. The van der Waals surface area contributed by atoms with E-state index in [-0.39, 0.29) is 22.7 Å². The molecule has 4 aromatic rings. The number of aromatic carboxylic acids is 1. The first kappa shape index (κ1) is 25.8. The van der Waals surface area contributed by atoms with Crippen LogP contribution in [0.5, 0.6) is 0 Å². The number of aromatic nitrogens is 1. The first-order chi connectivity index (χ1) is 19.0. The molecule has 0 spiro atoms. The number of carbonyl (C=O) groups excluding carboxylic acids is 1. The van der Waals surface area contributed by atoms with E-state index in [1.165, 1.54) is 11.3 Å². The molecule has 2 fully saturated rings. The molecule has 3 aromatic heterocycles. The lowest BCUT2D eigenvalue weighted by Gasteiger charge is -2.37. The van der Waals surface area contributed by atoms with Gasteiger partial charge in [-0.2, -0.15) is 0 Å². The summed E-state index contributed by atoms with van der Waals surface area (Å²) in [6.45, 7) is 3.39. The van der Waals surface area contributed by atoms with Crippen LogP contribution >= 0.6 is 11.3 Å². The first-order valence-corrected chi connectivity index (χ1v) is 14.5. The Labute approximate surface area is 231 Å². The Bertz CT molecular complexity index is 1440. The maximum atomic E-state index is 14.0. The van der Waals surface area contributed by atoms with E-state index in [4.69, 9.17) is 9.15 Å². The van der Waals surface area contributed by atoms with Gasteiger partial charge in [-0.3, -0.25) is 9.78 Å². The number of amides is 1. The van der Waals surface area contributed by atoms with E-state index in [1.54, 1.807) is 6.20 Å². The second-order valence-corrected chi connectivity index (χ2v) is 11.8. The van der Waals surface area contributed by atoms with Crippen LogP contribution in [0.4, 0.5) is 5.69 Å². The molecule has 0 radical (unpaired) electrons. The van der Waals surface area contributed by atoms with Crippen LogP contribution in [0.2, 0.25) is 0 Å². The monoisotopic (exact) mass is 544 g/mol. The quantitative estimate of drug-likeness (QED) is 0.275. The van der Waals surface area contributed by atoms with E-state index in [0.717, 1.165) is 58.5 Å². The lowest BCUT2D eigenvalue weighted by atomic mass is 9.82. The number of furan rings is 1. The predicted octanol–water partition coefficient (Wildman–Crippen LogP) is 7.26. The van der Waals surface area contributed by atoms with Gasteiger partial charge >= 0.3 is 5.97 Å². The van der Waals surface area contributed by atoms with Crippen LogP contribution in [-0.2, 0) is 9.53 Å². The summed E-state index contributed by atoms with van der Waals surface area (Å²) in [5, 5.41) is 10.2. The molecule has 1 N–H and O–H groups in total. The summed E-state index contributed by atoms with van der Waals surface area (Å²) >= 11 is 1.22. The molecule has 4 heterocycles. The van der Waals surface area contributed by atoms with Crippen molar-refractivity contribution in [1.29, 1.82) is 0 Å². The molecule has 1 saturated carbocycles. The number of carboxylic acids is 1. The van der Waals surface area contributed by atoms with Crippen LogP contribution in [0.25, 0.3) is 32.9 Å². The smallest absolute Gasteiger partial charge is 0.348 e. The zero-order valence-electron chi connectivity index (χ0n) is 22.0. The van der Waals surface area contributed by atoms with E-state index in [0.29, 0.717) is 37.7 Å². The Morgan fingerprint density at radius 2 is 1.69 bits per heavy atom. The molecule has 0 atom stereocenters. The van der Waals surface area contributed by atoms with Crippen molar-refractivity contribution >= 4 is 40.0 Å². The molecule has 8 heteroatoms. The summed E-state index contributed by atoms with van der Waals surface area (Å²) in [4.78, 5) is 33.6. The first-order valence-electron chi connectivity index (χ1n) is 13.7. The van der Waals surface area contributed by atoms with Crippen molar-refractivity contribution in [3.8, 4) is 21.8 Å². The van der Waals surface area contributed by atoms with Gasteiger partial charge in [-0.15, -0.1) is 11.3 Å². The number of fused-ring (bicyclic) bond motifs is 1. The molecule has 1 saturated heterocycles. The number of nitrogens with zero attached hydrogens (tertiary/aromatic N) is 2. The third kappa shape index (κ3) is 5.23. The van der Waals surface area contributed by atoms with E-state index in [1.807, 2.05) is 53.4 Å². The third-order valence-corrected chi connectivity index (χ3v) is 9.23. The van der Waals surface area contributed by atoms with Crippen molar-refractivity contribution in [2.24, 2.45) is 11.8 Å². The second-order valence-electron chi connectivity index (χ2n) is 10.7. The summed E-state index contributed by atoms with van der Waals surface area (Å²) in [6, 6.07) is 15.4. The van der Waals surface area contributed by atoms with Crippen molar-refractivity contribution < 1.29 is 23.8 Å². The number of rotatable bonds is 6. The molecule has 2 aliphatic rings. The summed E-state index contributed by atoms with van der Waals surface area (Å²) in [5.41, 5.74) is 3.87. The number of hydrogen-bond donors (Lipinski definition) is 1. The number of pyridine rings is 1. The Morgan fingerprint density at radius 1 is 0.974 bits per heavy atom. The van der Waals surface area contributed by atoms with Crippen molar-refractivity contribution in [3.05, 3.63) is 59.6 Å². The van der Waals surface area contributed by atoms with Crippen LogP contribution in [0.15, 0.2) is 59.1 Å². The van der Waals surface area contributed by atoms with Gasteiger partial charge in [0.15, 0.2) is 5.58 Å². The van der Waals surface area contributed by atoms with Crippen LogP contribution in [-0.4, -0.2) is 41.2 Å². The number of carbonyl (C=O) groups is 2. The van der Waals surface area contributed by atoms with E-state index in [9.17, 15) is 14.7 Å². The average molecular weight is 545 g/mol. The normalized spacial score (nSPS) is 20.2. The van der Waals surface area contributed by atoms with Gasteiger partial charge in [0.2, 0.25) is 5.91 Å². The van der Waals surface area contributed by atoms with Gasteiger partial charge in [-0.05, 0) is 68.2 Å². The largest absolute Gasteiger partial charge is 0.477 e. The molecule has 6 rings (SSSR count). The SMILES string of the molecule is C[C@H]1CC[C@H](C(=O)N(c2cc(-c3ccc(-c4cc5ncccc5o4)cc3)sc2C(=O)O)C2CCOCC2)CC1. The van der Waals surface area contributed by atoms with Crippen LogP contribution < -0.4 is 4.90 Å². The summed E-state index contributed by atoms with van der Waals surface area (Å²) in [7, 11) is 0. The van der Waals surface area contributed by atoms with Gasteiger partial charge < -0.3 is 19.2 Å². The van der Waals surface area contributed by atoms with Gasteiger partial charge in [0.25, 0.3) is 0 Å². The number of ether oxygens (including phenoxy) is 1. The third-order valence-electron chi connectivity index (χ3n) is 8.07. The maximum Gasteiger partial charge on any atom is 0.348 e. The lowest BCUT2D eigenvalue weighted by Crippen LogP contribution is -2.47. The molecule has 0 unspecified atom stereocenters.